The number of benzene rings is 2. The Kier molecular flexibility index (Phi) is 6.00. The maximum Gasteiger partial charge on any atom is 0.227 e. The summed E-state index contributed by atoms with van der Waals surface area (Å²) in [6.07, 6.45) is 0.833. The summed E-state index contributed by atoms with van der Waals surface area (Å²) in [6, 6.07) is 20.2. The van der Waals surface area contributed by atoms with Crippen molar-refractivity contribution in [3.63, 3.8) is 0 Å². The van der Waals surface area contributed by atoms with E-state index < -0.39 is 0 Å². The van der Waals surface area contributed by atoms with Crippen molar-refractivity contribution >= 4 is 21.8 Å². The van der Waals surface area contributed by atoms with Crippen molar-refractivity contribution in [1.82, 2.24) is 5.32 Å². The second-order valence-electron chi connectivity index (χ2n) is 5.18. The summed E-state index contributed by atoms with van der Waals surface area (Å²) >= 11 is 3.49. The molecule has 1 amide bonds. The molecule has 2 rings (SSSR count). The van der Waals surface area contributed by atoms with Crippen molar-refractivity contribution in [2.75, 3.05) is 5.33 Å². The first kappa shape index (κ1) is 15.8. The Morgan fingerprint density at radius 1 is 1.05 bits per heavy atom. The van der Waals surface area contributed by atoms with Gasteiger partial charge in [-0.1, -0.05) is 76.6 Å². The number of alkyl halides is 1. The molecule has 0 radical (unpaired) electrons. The highest BCUT2D eigenvalue weighted by Gasteiger charge is 2.18. The first-order chi connectivity index (χ1) is 10.2. The Balaban J connectivity index is 1.96. The van der Waals surface area contributed by atoms with Gasteiger partial charge in [0.1, 0.15) is 0 Å². The molecule has 2 atom stereocenters. The minimum absolute atomic E-state index is 0.0709. The maximum atomic E-state index is 12.4. The molecule has 1 N–H and O–H groups in total. The molecule has 2 nitrogen and oxygen atoms in total. The van der Waals surface area contributed by atoms with Crippen LogP contribution in [0.25, 0.3) is 0 Å². The molecular weight excluding hydrogens is 326 g/mol. The largest absolute Gasteiger partial charge is 0.352 e. The highest BCUT2D eigenvalue weighted by atomic mass is 79.9. The lowest BCUT2D eigenvalue weighted by atomic mass is 9.99. The zero-order valence-corrected chi connectivity index (χ0v) is 13.7. The number of carbonyl (C=O) groups excluding carboxylic acids is 1. The van der Waals surface area contributed by atoms with Crippen LogP contribution < -0.4 is 5.32 Å². The lowest BCUT2D eigenvalue weighted by Crippen LogP contribution is -2.39. The molecule has 0 aliphatic heterocycles. The predicted octanol–water partition coefficient (Wildman–Crippen LogP) is 3.91. The fraction of sp³-hybridized carbons (Fsp3) is 0.278. The van der Waals surface area contributed by atoms with Crippen LogP contribution >= 0.6 is 15.9 Å². The molecule has 0 bridgehead atoms. The number of hydrogen-bond acceptors (Lipinski definition) is 1. The second-order valence-corrected chi connectivity index (χ2v) is 5.83. The van der Waals surface area contributed by atoms with Crippen molar-refractivity contribution in [2.24, 2.45) is 0 Å². The molecule has 0 aromatic heterocycles. The monoisotopic (exact) mass is 345 g/mol. The molecule has 110 valence electrons. The molecule has 2 unspecified atom stereocenters. The molecule has 0 saturated carbocycles. The average Bonchev–Trinajstić information content (AvgIpc) is 2.55. The van der Waals surface area contributed by atoms with Gasteiger partial charge in [0.2, 0.25) is 5.91 Å². The van der Waals surface area contributed by atoms with Crippen molar-refractivity contribution in [2.45, 2.75) is 25.3 Å². The lowest BCUT2D eigenvalue weighted by Gasteiger charge is -2.19. The lowest BCUT2D eigenvalue weighted by molar-refractivity contribution is -0.122. The standard InChI is InChI=1S/C18H20BrNO/c1-14(16-10-6-3-7-11-16)18(21)20-17(13-19)12-15-8-4-2-5-9-15/h2-11,14,17H,12-13H2,1H3,(H,20,21). The van der Waals surface area contributed by atoms with E-state index in [4.69, 9.17) is 0 Å². The average molecular weight is 346 g/mol. The summed E-state index contributed by atoms with van der Waals surface area (Å²) in [5.74, 6) is -0.0647. The van der Waals surface area contributed by atoms with E-state index in [1.807, 2.05) is 55.5 Å². The van der Waals surface area contributed by atoms with Crippen LogP contribution in [0.3, 0.4) is 0 Å². The third-order valence-electron chi connectivity index (χ3n) is 3.55. The SMILES string of the molecule is CC(C(=O)NC(CBr)Cc1ccccc1)c1ccccc1. The van der Waals surface area contributed by atoms with Crippen molar-refractivity contribution < 1.29 is 4.79 Å². The van der Waals surface area contributed by atoms with Gasteiger partial charge in [-0.3, -0.25) is 4.79 Å². The molecule has 0 heterocycles. The first-order valence-electron chi connectivity index (χ1n) is 7.16. The highest BCUT2D eigenvalue weighted by Crippen LogP contribution is 2.15. The summed E-state index contributed by atoms with van der Waals surface area (Å²) in [5.41, 5.74) is 2.28. The van der Waals surface area contributed by atoms with Crippen molar-refractivity contribution in [3.8, 4) is 0 Å². The third-order valence-corrected chi connectivity index (χ3v) is 4.33. The van der Waals surface area contributed by atoms with Crippen LogP contribution in [0.1, 0.15) is 24.0 Å². The molecule has 2 aromatic rings. The van der Waals surface area contributed by atoms with Gasteiger partial charge >= 0.3 is 0 Å². The number of rotatable bonds is 6. The molecule has 0 spiro atoms. The van der Waals surface area contributed by atoms with E-state index in [1.54, 1.807) is 0 Å². The summed E-state index contributed by atoms with van der Waals surface area (Å²) < 4.78 is 0. The van der Waals surface area contributed by atoms with Crippen LogP contribution in [0.15, 0.2) is 60.7 Å². The second kappa shape index (κ2) is 7.99. The topological polar surface area (TPSA) is 29.1 Å². The zero-order chi connectivity index (χ0) is 15.1. The van der Waals surface area contributed by atoms with Gasteiger partial charge in [0.15, 0.2) is 0 Å². The maximum absolute atomic E-state index is 12.4. The molecule has 2 aromatic carbocycles. The van der Waals surface area contributed by atoms with E-state index in [9.17, 15) is 4.79 Å². The van der Waals surface area contributed by atoms with Crippen LogP contribution in [0, 0.1) is 0 Å². The van der Waals surface area contributed by atoms with Crippen molar-refractivity contribution in [3.05, 3.63) is 71.8 Å². The van der Waals surface area contributed by atoms with E-state index in [-0.39, 0.29) is 17.9 Å². The van der Waals surface area contributed by atoms with Crippen LogP contribution in [0.2, 0.25) is 0 Å². The van der Waals surface area contributed by atoms with Gasteiger partial charge in [0.25, 0.3) is 0 Å². The Labute approximate surface area is 134 Å². The van der Waals surface area contributed by atoms with Crippen molar-refractivity contribution in [1.29, 1.82) is 0 Å². The minimum atomic E-state index is -0.136. The summed E-state index contributed by atoms with van der Waals surface area (Å²) in [4.78, 5) is 12.4. The predicted molar refractivity (Wildman–Crippen MR) is 90.7 cm³/mol. The van der Waals surface area contributed by atoms with Gasteiger partial charge in [-0.2, -0.15) is 0 Å². The van der Waals surface area contributed by atoms with Gasteiger partial charge in [0, 0.05) is 11.4 Å². The van der Waals surface area contributed by atoms with E-state index in [1.165, 1.54) is 5.56 Å². The van der Waals surface area contributed by atoms with E-state index >= 15 is 0 Å². The molecule has 0 saturated heterocycles. The van der Waals surface area contributed by atoms with Gasteiger partial charge in [-0.15, -0.1) is 0 Å². The van der Waals surface area contributed by atoms with Crippen LogP contribution in [-0.2, 0) is 11.2 Å². The number of halogens is 1. The molecule has 0 aliphatic rings. The highest BCUT2D eigenvalue weighted by molar-refractivity contribution is 9.09. The Morgan fingerprint density at radius 3 is 2.19 bits per heavy atom. The van der Waals surface area contributed by atoms with Gasteiger partial charge < -0.3 is 5.32 Å². The number of amides is 1. The molecular formula is C18H20BrNO. The number of nitrogens with one attached hydrogen (secondary N) is 1. The quantitative estimate of drug-likeness (QED) is 0.790. The fourth-order valence-corrected chi connectivity index (χ4v) is 2.65. The van der Waals surface area contributed by atoms with Crippen LogP contribution in [-0.4, -0.2) is 17.3 Å². The van der Waals surface area contributed by atoms with Crippen LogP contribution in [0.4, 0.5) is 0 Å². The first-order valence-corrected chi connectivity index (χ1v) is 8.28. The molecule has 3 heteroatoms. The van der Waals surface area contributed by atoms with E-state index in [0.29, 0.717) is 0 Å². The summed E-state index contributed by atoms with van der Waals surface area (Å²) in [6.45, 7) is 1.94. The van der Waals surface area contributed by atoms with Gasteiger partial charge in [-0.25, -0.2) is 0 Å². The number of carbonyl (C=O) groups is 1. The summed E-state index contributed by atoms with van der Waals surface area (Å²) in [5, 5.41) is 3.87. The normalized spacial score (nSPS) is 13.4. The van der Waals surface area contributed by atoms with Gasteiger partial charge in [-0.05, 0) is 24.5 Å². The molecule has 21 heavy (non-hydrogen) atoms. The number of hydrogen-bond donors (Lipinski definition) is 1. The molecule has 0 aliphatic carbocycles. The smallest absolute Gasteiger partial charge is 0.227 e. The third kappa shape index (κ3) is 4.71. The molecule has 0 fully saturated rings. The Bertz CT molecular complexity index is 556. The summed E-state index contributed by atoms with van der Waals surface area (Å²) in [7, 11) is 0. The Morgan fingerprint density at radius 2 is 1.62 bits per heavy atom. The zero-order valence-electron chi connectivity index (χ0n) is 12.1. The van der Waals surface area contributed by atoms with Crippen LogP contribution in [0.5, 0.6) is 0 Å². The van der Waals surface area contributed by atoms with E-state index in [2.05, 4.69) is 33.4 Å². The van der Waals surface area contributed by atoms with E-state index in [0.717, 1.165) is 17.3 Å². The minimum Gasteiger partial charge on any atom is -0.352 e. The Hall–Kier alpha value is -1.61. The fourth-order valence-electron chi connectivity index (χ4n) is 2.26. The van der Waals surface area contributed by atoms with Gasteiger partial charge in [0.05, 0.1) is 5.92 Å².